The van der Waals surface area contributed by atoms with Gasteiger partial charge in [-0.25, -0.2) is 4.98 Å². The molecule has 0 unspecified atom stereocenters. The van der Waals surface area contributed by atoms with Crippen molar-refractivity contribution in [3.8, 4) is 11.4 Å². The maximum absolute atomic E-state index is 13.0. The van der Waals surface area contributed by atoms with Gasteiger partial charge in [0.1, 0.15) is 0 Å². The van der Waals surface area contributed by atoms with E-state index >= 15 is 0 Å². The highest BCUT2D eigenvalue weighted by molar-refractivity contribution is 9.10. The van der Waals surface area contributed by atoms with Gasteiger partial charge in [-0.1, -0.05) is 36.4 Å². The minimum absolute atomic E-state index is 0.187. The van der Waals surface area contributed by atoms with Crippen LogP contribution in [0, 0.1) is 0 Å². The Morgan fingerprint density at radius 3 is 2.46 bits per heavy atom. The predicted molar refractivity (Wildman–Crippen MR) is 107 cm³/mol. The zero-order valence-corrected chi connectivity index (χ0v) is 15.3. The highest BCUT2D eigenvalue weighted by Gasteiger charge is 2.15. The Balaban J connectivity index is 1.83. The van der Waals surface area contributed by atoms with E-state index in [0.717, 1.165) is 26.8 Å². The lowest BCUT2D eigenvalue weighted by molar-refractivity contribution is 0.102. The van der Waals surface area contributed by atoms with Crippen LogP contribution in [-0.4, -0.2) is 15.9 Å². The van der Waals surface area contributed by atoms with E-state index in [1.807, 2.05) is 66.7 Å². The van der Waals surface area contributed by atoms with Crippen LogP contribution >= 0.6 is 15.9 Å². The summed E-state index contributed by atoms with van der Waals surface area (Å²) >= 11 is 3.46. The van der Waals surface area contributed by atoms with Crippen molar-refractivity contribution < 1.29 is 4.79 Å². The number of aromatic nitrogens is 2. The number of halogens is 1. The molecule has 0 bridgehead atoms. The first-order valence-electron chi connectivity index (χ1n) is 8.09. The Bertz CT molecular complexity index is 1100. The van der Waals surface area contributed by atoms with Crippen LogP contribution in [0.2, 0.25) is 0 Å². The van der Waals surface area contributed by atoms with Crippen molar-refractivity contribution in [2.24, 2.45) is 0 Å². The molecule has 0 aliphatic carbocycles. The van der Waals surface area contributed by atoms with Gasteiger partial charge in [-0.3, -0.25) is 9.78 Å². The molecule has 0 saturated carbocycles. The SMILES string of the molecule is O=C(Nc1ccccc1Br)c1cc(-c2ccccn2)nc2ccccc12. The molecule has 126 valence electrons. The molecule has 0 spiro atoms. The summed E-state index contributed by atoms with van der Waals surface area (Å²) in [5, 5.41) is 3.77. The van der Waals surface area contributed by atoms with Gasteiger partial charge in [0.05, 0.1) is 28.2 Å². The van der Waals surface area contributed by atoms with Crippen LogP contribution in [-0.2, 0) is 0 Å². The number of anilines is 1. The van der Waals surface area contributed by atoms with Gasteiger partial charge < -0.3 is 5.32 Å². The number of carbonyl (C=O) groups excluding carboxylic acids is 1. The van der Waals surface area contributed by atoms with Crippen LogP contribution in [0.4, 0.5) is 5.69 Å². The van der Waals surface area contributed by atoms with Crippen LogP contribution in [0.15, 0.2) is 83.5 Å². The smallest absolute Gasteiger partial charge is 0.256 e. The van der Waals surface area contributed by atoms with Gasteiger partial charge in [-0.05, 0) is 52.3 Å². The lowest BCUT2D eigenvalue weighted by Gasteiger charge is -2.11. The quantitative estimate of drug-likeness (QED) is 0.504. The van der Waals surface area contributed by atoms with Crippen molar-refractivity contribution in [3.63, 3.8) is 0 Å². The number of benzene rings is 2. The molecule has 0 radical (unpaired) electrons. The van der Waals surface area contributed by atoms with Gasteiger partial charge in [0.2, 0.25) is 0 Å². The van der Waals surface area contributed by atoms with Gasteiger partial charge in [0, 0.05) is 16.1 Å². The van der Waals surface area contributed by atoms with Crippen molar-refractivity contribution >= 4 is 38.4 Å². The van der Waals surface area contributed by atoms with Gasteiger partial charge in [0.15, 0.2) is 0 Å². The highest BCUT2D eigenvalue weighted by Crippen LogP contribution is 2.26. The molecule has 4 aromatic rings. The first kappa shape index (κ1) is 16.4. The van der Waals surface area contributed by atoms with Crippen molar-refractivity contribution in [2.75, 3.05) is 5.32 Å². The fourth-order valence-electron chi connectivity index (χ4n) is 2.76. The van der Waals surface area contributed by atoms with E-state index < -0.39 is 0 Å². The standard InChI is InChI=1S/C21H14BrN3O/c22-16-8-2-4-10-18(16)25-21(26)15-13-20(19-11-5-6-12-23-19)24-17-9-3-1-7-14(15)17/h1-13H,(H,25,26). The fourth-order valence-corrected chi connectivity index (χ4v) is 3.14. The molecule has 2 aromatic carbocycles. The monoisotopic (exact) mass is 403 g/mol. The first-order valence-corrected chi connectivity index (χ1v) is 8.89. The number of amides is 1. The number of para-hydroxylation sites is 2. The van der Waals surface area contributed by atoms with Crippen LogP contribution < -0.4 is 5.32 Å². The number of hydrogen-bond acceptors (Lipinski definition) is 3. The number of carbonyl (C=O) groups is 1. The molecular weight excluding hydrogens is 390 g/mol. The van der Waals surface area contributed by atoms with Crippen molar-refractivity contribution in [1.29, 1.82) is 0 Å². The molecule has 0 aliphatic heterocycles. The first-order chi connectivity index (χ1) is 12.7. The van der Waals surface area contributed by atoms with E-state index in [2.05, 4.69) is 31.2 Å². The lowest BCUT2D eigenvalue weighted by Crippen LogP contribution is -2.13. The Morgan fingerprint density at radius 2 is 1.65 bits per heavy atom. The average molecular weight is 404 g/mol. The second-order valence-electron chi connectivity index (χ2n) is 5.72. The van der Waals surface area contributed by atoms with Crippen LogP contribution in [0.25, 0.3) is 22.3 Å². The third-order valence-corrected chi connectivity index (χ3v) is 4.70. The van der Waals surface area contributed by atoms with E-state index in [4.69, 9.17) is 0 Å². The zero-order valence-electron chi connectivity index (χ0n) is 13.7. The Hall–Kier alpha value is -3.05. The third-order valence-electron chi connectivity index (χ3n) is 4.01. The molecule has 0 fully saturated rings. The second kappa shape index (κ2) is 7.06. The fraction of sp³-hybridized carbons (Fsp3) is 0. The van der Waals surface area contributed by atoms with E-state index in [1.165, 1.54) is 0 Å². The summed E-state index contributed by atoms with van der Waals surface area (Å²) in [4.78, 5) is 22.0. The number of pyridine rings is 2. The molecule has 2 aromatic heterocycles. The number of hydrogen-bond donors (Lipinski definition) is 1. The van der Waals surface area contributed by atoms with Crippen LogP contribution in [0.1, 0.15) is 10.4 Å². The minimum atomic E-state index is -0.187. The lowest BCUT2D eigenvalue weighted by atomic mass is 10.1. The van der Waals surface area contributed by atoms with Gasteiger partial charge >= 0.3 is 0 Å². The Morgan fingerprint density at radius 1 is 0.885 bits per heavy atom. The highest BCUT2D eigenvalue weighted by atomic mass is 79.9. The van der Waals surface area contributed by atoms with E-state index in [-0.39, 0.29) is 5.91 Å². The van der Waals surface area contributed by atoms with Crippen molar-refractivity contribution in [1.82, 2.24) is 9.97 Å². The molecule has 0 aliphatic rings. The molecule has 4 nitrogen and oxygen atoms in total. The molecule has 1 N–H and O–H groups in total. The Labute approximate surface area is 159 Å². The number of nitrogens with one attached hydrogen (secondary N) is 1. The van der Waals surface area contributed by atoms with Gasteiger partial charge in [0.25, 0.3) is 5.91 Å². The van der Waals surface area contributed by atoms with Crippen molar-refractivity contribution in [2.45, 2.75) is 0 Å². The Kier molecular flexibility index (Phi) is 4.46. The van der Waals surface area contributed by atoms with E-state index in [1.54, 1.807) is 12.3 Å². The van der Waals surface area contributed by atoms with Crippen LogP contribution in [0.3, 0.4) is 0 Å². The molecule has 0 atom stereocenters. The minimum Gasteiger partial charge on any atom is -0.321 e. The summed E-state index contributed by atoms with van der Waals surface area (Å²) in [5.41, 5.74) is 3.44. The molecule has 1 amide bonds. The summed E-state index contributed by atoms with van der Waals surface area (Å²) in [6.45, 7) is 0. The van der Waals surface area contributed by atoms with Crippen LogP contribution in [0.5, 0.6) is 0 Å². The summed E-state index contributed by atoms with van der Waals surface area (Å²) in [6.07, 6.45) is 1.72. The predicted octanol–water partition coefficient (Wildman–Crippen LogP) is 5.31. The second-order valence-corrected chi connectivity index (χ2v) is 6.58. The maximum Gasteiger partial charge on any atom is 0.256 e. The number of rotatable bonds is 3. The summed E-state index contributed by atoms with van der Waals surface area (Å²) in [7, 11) is 0. The summed E-state index contributed by atoms with van der Waals surface area (Å²) < 4.78 is 0.830. The maximum atomic E-state index is 13.0. The van der Waals surface area contributed by atoms with E-state index in [0.29, 0.717) is 11.3 Å². The van der Waals surface area contributed by atoms with Gasteiger partial charge in [-0.2, -0.15) is 0 Å². The molecule has 5 heteroatoms. The van der Waals surface area contributed by atoms with Crippen molar-refractivity contribution in [3.05, 3.63) is 89.0 Å². The normalized spacial score (nSPS) is 10.7. The molecule has 4 rings (SSSR count). The largest absolute Gasteiger partial charge is 0.321 e. The average Bonchev–Trinajstić information content (AvgIpc) is 2.69. The summed E-state index contributed by atoms with van der Waals surface area (Å²) in [6, 6.07) is 22.6. The topological polar surface area (TPSA) is 54.9 Å². The molecule has 2 heterocycles. The van der Waals surface area contributed by atoms with Gasteiger partial charge in [-0.15, -0.1) is 0 Å². The summed E-state index contributed by atoms with van der Waals surface area (Å²) in [5.74, 6) is -0.187. The molecule has 26 heavy (non-hydrogen) atoms. The zero-order chi connectivity index (χ0) is 17.9. The molecule has 0 saturated heterocycles. The third kappa shape index (κ3) is 3.21. The van der Waals surface area contributed by atoms with E-state index in [9.17, 15) is 4.79 Å². The molecular formula is C21H14BrN3O. The number of nitrogens with zero attached hydrogens (tertiary/aromatic N) is 2. The number of fused-ring (bicyclic) bond motifs is 1.